The van der Waals surface area contributed by atoms with Crippen LogP contribution in [-0.4, -0.2) is 4.57 Å². The van der Waals surface area contributed by atoms with E-state index in [-0.39, 0.29) is 0 Å². The van der Waals surface area contributed by atoms with Crippen molar-refractivity contribution in [1.29, 1.82) is 0 Å². The summed E-state index contributed by atoms with van der Waals surface area (Å²) in [6.07, 6.45) is 5.67. The summed E-state index contributed by atoms with van der Waals surface area (Å²) in [7, 11) is 0. The van der Waals surface area contributed by atoms with Gasteiger partial charge in [-0.1, -0.05) is 164 Å². The lowest BCUT2D eigenvalue weighted by Crippen LogP contribution is -2.10. The summed E-state index contributed by atoms with van der Waals surface area (Å²) >= 11 is 0. The Morgan fingerprint density at radius 3 is 1.77 bits per heavy atom. The molecule has 2 heteroatoms. The van der Waals surface area contributed by atoms with E-state index in [2.05, 4.69) is 222 Å². The fourth-order valence-electron chi connectivity index (χ4n) is 11.0. The molecule has 10 aromatic rings. The molecule has 2 aliphatic carbocycles. The molecule has 2 aliphatic rings. The van der Waals surface area contributed by atoms with Gasteiger partial charge < -0.3 is 9.47 Å². The molecule has 292 valence electrons. The fourth-order valence-corrected chi connectivity index (χ4v) is 11.0. The Kier molecular flexibility index (Phi) is 8.70. The highest BCUT2D eigenvalue weighted by Gasteiger charge is 2.40. The Morgan fingerprint density at radius 2 is 1.03 bits per heavy atom. The summed E-state index contributed by atoms with van der Waals surface area (Å²) in [6.45, 7) is 0. The van der Waals surface area contributed by atoms with E-state index in [9.17, 15) is 0 Å². The van der Waals surface area contributed by atoms with Gasteiger partial charge in [0.1, 0.15) is 0 Å². The third-order valence-electron chi connectivity index (χ3n) is 13.9. The average Bonchev–Trinajstić information content (AvgIpc) is 4.06. The van der Waals surface area contributed by atoms with Crippen LogP contribution in [-0.2, 0) is 0 Å². The number of hydrogen-bond acceptors (Lipinski definition) is 1. The Hall–Kier alpha value is -7.16. The molecule has 0 N–H and O–H groups in total. The minimum Gasteiger partial charge on any atom is -0.310 e. The van der Waals surface area contributed by atoms with Gasteiger partial charge in [-0.2, -0.15) is 0 Å². The highest BCUT2D eigenvalue weighted by Crippen LogP contribution is 2.53. The number of nitrogens with zero attached hydrogens (tertiary/aromatic N) is 2. The van der Waals surface area contributed by atoms with Crippen molar-refractivity contribution < 1.29 is 0 Å². The van der Waals surface area contributed by atoms with E-state index in [1.807, 2.05) is 0 Å². The molecular formula is C59H46N2. The zero-order valence-electron chi connectivity index (χ0n) is 34.2. The van der Waals surface area contributed by atoms with E-state index in [1.165, 1.54) is 97.2 Å². The van der Waals surface area contributed by atoms with Crippen molar-refractivity contribution in [2.45, 2.75) is 31.6 Å². The fraction of sp³-hybridized carbons (Fsp3) is 0.119. The molecule has 1 heterocycles. The van der Waals surface area contributed by atoms with Gasteiger partial charge in [0.2, 0.25) is 0 Å². The lowest BCUT2D eigenvalue weighted by molar-refractivity contribution is 0.420. The largest absolute Gasteiger partial charge is 0.310 e. The molecule has 2 fully saturated rings. The maximum atomic E-state index is 2.43. The zero-order valence-corrected chi connectivity index (χ0v) is 34.2. The van der Waals surface area contributed by atoms with Gasteiger partial charge >= 0.3 is 0 Å². The van der Waals surface area contributed by atoms with Crippen LogP contribution in [0.4, 0.5) is 17.1 Å². The molecular weight excluding hydrogens is 737 g/mol. The molecule has 2 bridgehead atoms. The summed E-state index contributed by atoms with van der Waals surface area (Å²) in [5.74, 6) is 2.59. The second-order valence-corrected chi connectivity index (χ2v) is 17.3. The van der Waals surface area contributed by atoms with Crippen molar-refractivity contribution in [3.63, 3.8) is 0 Å². The highest BCUT2D eigenvalue weighted by molar-refractivity contribution is 6.11. The van der Waals surface area contributed by atoms with Crippen LogP contribution in [0.3, 0.4) is 0 Å². The van der Waals surface area contributed by atoms with Gasteiger partial charge in [0.15, 0.2) is 0 Å². The first-order valence-corrected chi connectivity index (χ1v) is 22.0. The first-order valence-electron chi connectivity index (χ1n) is 22.0. The topological polar surface area (TPSA) is 8.17 Å². The summed E-state index contributed by atoms with van der Waals surface area (Å²) in [4.78, 5) is 2.43. The van der Waals surface area contributed by atoms with Crippen LogP contribution in [0.25, 0.3) is 71.6 Å². The first-order chi connectivity index (χ1) is 30.2. The zero-order chi connectivity index (χ0) is 40.3. The minimum absolute atomic E-state index is 0.747. The molecule has 0 saturated heterocycles. The number of anilines is 3. The lowest BCUT2D eigenvalue weighted by atomic mass is 9.83. The Bertz CT molecular complexity index is 3190. The van der Waals surface area contributed by atoms with E-state index in [1.54, 1.807) is 0 Å². The Labute approximate surface area is 358 Å². The molecule has 61 heavy (non-hydrogen) atoms. The van der Waals surface area contributed by atoms with Gasteiger partial charge in [0.25, 0.3) is 0 Å². The normalized spacial score (nSPS) is 17.1. The predicted molar refractivity (Wildman–Crippen MR) is 257 cm³/mol. The summed E-state index contributed by atoms with van der Waals surface area (Å²) in [5, 5.41) is 5.00. The second-order valence-electron chi connectivity index (χ2n) is 17.3. The van der Waals surface area contributed by atoms with Gasteiger partial charge in [-0.05, 0) is 141 Å². The van der Waals surface area contributed by atoms with Crippen molar-refractivity contribution in [3.05, 3.63) is 218 Å². The third-order valence-corrected chi connectivity index (χ3v) is 13.9. The van der Waals surface area contributed by atoms with Crippen LogP contribution in [0, 0.1) is 11.8 Å². The molecule has 0 spiro atoms. The smallest absolute Gasteiger partial charge is 0.0561 e. The van der Waals surface area contributed by atoms with Gasteiger partial charge in [-0.15, -0.1) is 0 Å². The molecule has 0 amide bonds. The van der Waals surface area contributed by atoms with Gasteiger partial charge in [0, 0.05) is 33.5 Å². The van der Waals surface area contributed by atoms with E-state index in [4.69, 9.17) is 0 Å². The molecule has 3 unspecified atom stereocenters. The monoisotopic (exact) mass is 782 g/mol. The van der Waals surface area contributed by atoms with Crippen molar-refractivity contribution in [1.82, 2.24) is 4.57 Å². The maximum absolute atomic E-state index is 2.43. The van der Waals surface area contributed by atoms with Crippen molar-refractivity contribution >= 4 is 49.6 Å². The van der Waals surface area contributed by atoms with E-state index < -0.39 is 0 Å². The molecule has 2 nitrogen and oxygen atoms in total. The molecule has 1 aromatic heterocycles. The first kappa shape index (κ1) is 35.8. The minimum atomic E-state index is 0.747. The molecule has 12 rings (SSSR count). The van der Waals surface area contributed by atoms with Gasteiger partial charge in [-0.25, -0.2) is 0 Å². The van der Waals surface area contributed by atoms with Gasteiger partial charge in [-0.3, -0.25) is 0 Å². The SMILES string of the molecule is c1ccc(-c2cccc3cccc(-c4cccc(N(c5ccc(-c6ccc(C7CC8CCC7C8)cc6)cc5)c5ccc6c7ccccc7n(-c7ccccc7)c6c5)c4)c23)cc1. The van der Waals surface area contributed by atoms with E-state index in [0.717, 1.165) is 40.5 Å². The van der Waals surface area contributed by atoms with E-state index in [0.29, 0.717) is 0 Å². The average molecular weight is 783 g/mol. The Morgan fingerprint density at radius 1 is 0.410 bits per heavy atom. The van der Waals surface area contributed by atoms with Crippen LogP contribution in [0.5, 0.6) is 0 Å². The number of hydrogen-bond donors (Lipinski definition) is 0. The number of para-hydroxylation sites is 2. The molecule has 9 aromatic carbocycles. The van der Waals surface area contributed by atoms with E-state index >= 15 is 0 Å². The highest BCUT2D eigenvalue weighted by atomic mass is 15.1. The molecule has 0 radical (unpaired) electrons. The van der Waals surface area contributed by atoms with Crippen LogP contribution in [0.1, 0.15) is 37.2 Å². The quantitative estimate of drug-likeness (QED) is 0.149. The molecule has 0 aliphatic heterocycles. The third kappa shape index (κ3) is 6.25. The van der Waals surface area contributed by atoms with Crippen LogP contribution in [0.2, 0.25) is 0 Å². The second kappa shape index (κ2) is 14.8. The number of fused-ring (bicyclic) bond motifs is 6. The van der Waals surface area contributed by atoms with Crippen LogP contribution < -0.4 is 4.90 Å². The van der Waals surface area contributed by atoms with Crippen LogP contribution >= 0.6 is 0 Å². The van der Waals surface area contributed by atoms with Crippen LogP contribution in [0.15, 0.2) is 212 Å². The van der Waals surface area contributed by atoms with Gasteiger partial charge in [0.05, 0.1) is 11.0 Å². The predicted octanol–water partition coefficient (Wildman–Crippen LogP) is 16.3. The number of benzene rings is 9. The standard InChI is InChI=1S/C59H46N2/c1-3-12-43(13-4-1)52-21-10-14-45-15-11-22-53(59(45)52)46-16-9-19-50(38-46)60(49-32-30-42(31-33-49)41-26-28-44(29-27-41)56-37-40-24-25-47(56)36-40)51-34-35-55-54-20-7-8-23-57(54)61(58(55)39-51)48-17-5-2-6-18-48/h1-23,26-35,38-40,47,56H,24-25,36-37H2. The maximum Gasteiger partial charge on any atom is 0.0561 e. The van der Waals surface area contributed by atoms with Crippen molar-refractivity contribution in [3.8, 4) is 39.1 Å². The van der Waals surface area contributed by atoms with Crippen molar-refractivity contribution in [2.75, 3.05) is 4.90 Å². The summed E-state index contributed by atoms with van der Waals surface area (Å²) in [5.41, 5.74) is 15.8. The Balaban J connectivity index is 0.999. The summed E-state index contributed by atoms with van der Waals surface area (Å²) < 4.78 is 2.41. The number of rotatable bonds is 8. The molecule has 2 saturated carbocycles. The lowest BCUT2D eigenvalue weighted by Gasteiger charge is -2.27. The number of aromatic nitrogens is 1. The molecule has 3 atom stereocenters. The summed E-state index contributed by atoms with van der Waals surface area (Å²) in [6, 6.07) is 78.5. The van der Waals surface area contributed by atoms with Crippen molar-refractivity contribution in [2.24, 2.45) is 11.8 Å².